The Bertz CT molecular complexity index is 144. The van der Waals surface area contributed by atoms with Crippen LogP contribution in [0.5, 0.6) is 0 Å². The zero-order valence-corrected chi connectivity index (χ0v) is 7.80. The highest BCUT2D eigenvalue weighted by Crippen LogP contribution is 2.50. The van der Waals surface area contributed by atoms with Gasteiger partial charge in [0.25, 0.3) is 11.8 Å². The SMILES string of the molecule is CCC(CF)(C(C)(F)F)C(C)(F)F. The molecule has 0 heterocycles. The minimum Gasteiger partial charge on any atom is -0.250 e. The molecule has 0 spiro atoms. The third-order valence-electron chi connectivity index (χ3n) is 2.51. The second-order valence-corrected chi connectivity index (χ2v) is 3.35. The Morgan fingerprint density at radius 1 is 0.923 bits per heavy atom. The number of halogens is 5. The topological polar surface area (TPSA) is 0 Å². The molecule has 0 saturated heterocycles. The number of hydrogen-bond donors (Lipinski definition) is 0. The summed E-state index contributed by atoms with van der Waals surface area (Å²) in [6, 6.07) is 0. The van der Waals surface area contributed by atoms with Crippen LogP contribution >= 0.6 is 0 Å². The molecule has 0 radical (unpaired) electrons. The summed E-state index contributed by atoms with van der Waals surface area (Å²) in [5.74, 6) is -7.45. The Morgan fingerprint density at radius 3 is 1.23 bits per heavy atom. The van der Waals surface area contributed by atoms with Crippen molar-refractivity contribution in [1.29, 1.82) is 0 Å². The van der Waals surface area contributed by atoms with Gasteiger partial charge in [0, 0.05) is 13.8 Å². The molecule has 0 unspecified atom stereocenters. The molecule has 0 amide bonds. The molecule has 0 aromatic carbocycles. The van der Waals surface area contributed by atoms with E-state index in [1.807, 2.05) is 0 Å². The first-order valence-corrected chi connectivity index (χ1v) is 3.94. The Labute approximate surface area is 74.1 Å². The molecule has 0 aliphatic heterocycles. The van der Waals surface area contributed by atoms with Crippen LogP contribution in [0, 0.1) is 5.41 Å². The largest absolute Gasteiger partial charge is 0.259 e. The molecule has 13 heavy (non-hydrogen) atoms. The van der Waals surface area contributed by atoms with Gasteiger partial charge in [0.1, 0.15) is 12.1 Å². The van der Waals surface area contributed by atoms with Gasteiger partial charge in [-0.15, -0.1) is 0 Å². The Hall–Kier alpha value is -0.350. The molecule has 5 heteroatoms. The first-order chi connectivity index (χ1) is 5.62. The van der Waals surface area contributed by atoms with Crippen LogP contribution in [0.2, 0.25) is 0 Å². The molecule has 0 bridgehead atoms. The number of alkyl halides is 5. The predicted molar refractivity (Wildman–Crippen MR) is 39.9 cm³/mol. The second-order valence-electron chi connectivity index (χ2n) is 3.35. The van der Waals surface area contributed by atoms with Crippen molar-refractivity contribution < 1.29 is 22.0 Å². The highest BCUT2D eigenvalue weighted by molar-refractivity contribution is 4.97. The van der Waals surface area contributed by atoms with Crippen molar-refractivity contribution in [2.24, 2.45) is 5.41 Å². The standard InChI is InChI=1S/C8H13F5/c1-4-8(5-9,6(2,10)11)7(3,12)13/h4-5H2,1-3H3. The molecular formula is C8H13F5. The van der Waals surface area contributed by atoms with E-state index < -0.39 is 30.4 Å². The van der Waals surface area contributed by atoms with Gasteiger partial charge in [0.2, 0.25) is 0 Å². The van der Waals surface area contributed by atoms with Gasteiger partial charge in [-0.05, 0) is 6.42 Å². The van der Waals surface area contributed by atoms with Crippen molar-refractivity contribution in [2.45, 2.75) is 39.0 Å². The lowest BCUT2D eigenvalue weighted by Gasteiger charge is -2.39. The first kappa shape index (κ1) is 12.7. The van der Waals surface area contributed by atoms with Gasteiger partial charge in [-0.2, -0.15) is 0 Å². The van der Waals surface area contributed by atoms with Gasteiger partial charge in [-0.25, -0.2) is 17.6 Å². The van der Waals surface area contributed by atoms with Crippen LogP contribution < -0.4 is 0 Å². The molecule has 0 rings (SSSR count). The summed E-state index contributed by atoms with van der Waals surface area (Å²) in [5.41, 5.74) is -2.88. The molecule has 0 aliphatic rings. The van der Waals surface area contributed by atoms with Gasteiger partial charge in [0.15, 0.2) is 0 Å². The minimum atomic E-state index is -3.73. The van der Waals surface area contributed by atoms with Crippen molar-refractivity contribution in [2.75, 3.05) is 6.67 Å². The lowest BCUT2D eigenvalue weighted by Crippen LogP contribution is -2.52. The maximum atomic E-state index is 12.8. The molecule has 80 valence electrons. The van der Waals surface area contributed by atoms with Gasteiger partial charge in [-0.1, -0.05) is 6.92 Å². The highest BCUT2D eigenvalue weighted by atomic mass is 19.3. The van der Waals surface area contributed by atoms with E-state index in [1.54, 1.807) is 0 Å². The van der Waals surface area contributed by atoms with Crippen LogP contribution in [-0.2, 0) is 0 Å². The summed E-state index contributed by atoms with van der Waals surface area (Å²) in [4.78, 5) is 0. The normalized spacial score (nSPS) is 14.8. The number of hydrogen-bond acceptors (Lipinski definition) is 0. The number of rotatable bonds is 4. The molecule has 0 aromatic rings. The smallest absolute Gasteiger partial charge is 0.250 e. The third kappa shape index (κ3) is 1.94. The fraction of sp³-hybridized carbons (Fsp3) is 1.00. The van der Waals surface area contributed by atoms with Crippen molar-refractivity contribution in [3.05, 3.63) is 0 Å². The monoisotopic (exact) mass is 204 g/mol. The second kappa shape index (κ2) is 3.42. The summed E-state index contributed by atoms with van der Waals surface area (Å²) >= 11 is 0. The fourth-order valence-electron chi connectivity index (χ4n) is 1.34. The van der Waals surface area contributed by atoms with Crippen LogP contribution in [-0.4, -0.2) is 18.5 Å². The molecule has 0 atom stereocenters. The van der Waals surface area contributed by atoms with Crippen LogP contribution in [0.15, 0.2) is 0 Å². The van der Waals surface area contributed by atoms with E-state index in [1.165, 1.54) is 0 Å². The van der Waals surface area contributed by atoms with Crippen molar-refractivity contribution >= 4 is 0 Å². The summed E-state index contributed by atoms with van der Waals surface area (Å²) in [6.45, 7) is 0.0614. The quantitative estimate of drug-likeness (QED) is 0.613. The molecule has 0 fully saturated rings. The summed E-state index contributed by atoms with van der Waals surface area (Å²) in [6.07, 6.45) is -0.601. The molecule has 0 saturated carbocycles. The summed E-state index contributed by atoms with van der Waals surface area (Å²) in [7, 11) is 0. The zero-order valence-electron chi connectivity index (χ0n) is 7.80. The highest BCUT2D eigenvalue weighted by Gasteiger charge is 2.62. The predicted octanol–water partition coefficient (Wildman–Crippen LogP) is 3.66. The van der Waals surface area contributed by atoms with Crippen LogP contribution in [0.4, 0.5) is 22.0 Å². The lowest BCUT2D eigenvalue weighted by molar-refractivity contribution is -0.233. The molecule has 0 nitrogen and oxygen atoms in total. The summed E-state index contributed by atoms with van der Waals surface area (Å²) < 4.78 is 63.6. The van der Waals surface area contributed by atoms with E-state index >= 15 is 0 Å². The van der Waals surface area contributed by atoms with Crippen LogP contribution in [0.1, 0.15) is 27.2 Å². The van der Waals surface area contributed by atoms with Crippen LogP contribution in [0.3, 0.4) is 0 Å². The van der Waals surface area contributed by atoms with E-state index in [0.29, 0.717) is 13.8 Å². The van der Waals surface area contributed by atoms with Gasteiger partial charge in [-0.3, -0.25) is 4.39 Å². The van der Waals surface area contributed by atoms with Crippen LogP contribution in [0.25, 0.3) is 0 Å². The molecular weight excluding hydrogens is 191 g/mol. The molecule has 0 aliphatic carbocycles. The maximum absolute atomic E-state index is 12.8. The van der Waals surface area contributed by atoms with Gasteiger partial charge >= 0.3 is 0 Å². The van der Waals surface area contributed by atoms with E-state index in [2.05, 4.69) is 0 Å². The lowest BCUT2D eigenvalue weighted by atomic mass is 9.75. The minimum absolute atomic E-state index is 0.327. The maximum Gasteiger partial charge on any atom is 0.259 e. The van der Waals surface area contributed by atoms with E-state index in [-0.39, 0.29) is 0 Å². The fourth-order valence-corrected chi connectivity index (χ4v) is 1.34. The summed E-state index contributed by atoms with van der Waals surface area (Å²) in [5, 5.41) is 0. The Balaban J connectivity index is 5.17. The third-order valence-corrected chi connectivity index (χ3v) is 2.51. The Morgan fingerprint density at radius 2 is 1.23 bits per heavy atom. The average molecular weight is 204 g/mol. The first-order valence-electron chi connectivity index (χ1n) is 3.94. The molecule has 0 aromatic heterocycles. The molecule has 0 N–H and O–H groups in total. The van der Waals surface area contributed by atoms with E-state index in [4.69, 9.17) is 0 Å². The van der Waals surface area contributed by atoms with E-state index in [9.17, 15) is 22.0 Å². The zero-order chi connectivity index (χ0) is 10.9. The van der Waals surface area contributed by atoms with Gasteiger partial charge < -0.3 is 0 Å². The van der Waals surface area contributed by atoms with Crippen molar-refractivity contribution in [3.63, 3.8) is 0 Å². The van der Waals surface area contributed by atoms with E-state index in [0.717, 1.165) is 6.92 Å². The van der Waals surface area contributed by atoms with Crippen molar-refractivity contribution in [1.82, 2.24) is 0 Å². The Kier molecular flexibility index (Phi) is 3.33. The van der Waals surface area contributed by atoms with Gasteiger partial charge in [0.05, 0.1) is 0 Å². The average Bonchev–Trinajstić information content (AvgIpc) is 1.84. The van der Waals surface area contributed by atoms with Crippen molar-refractivity contribution in [3.8, 4) is 0 Å².